The number of benzene rings is 2. The van der Waals surface area contributed by atoms with Crippen molar-refractivity contribution < 1.29 is 23.5 Å². The summed E-state index contributed by atoms with van der Waals surface area (Å²) in [4.78, 5) is 37.2. The molecule has 0 unspecified atom stereocenters. The fraction of sp³-hybridized carbons (Fsp3) is 0.227. The van der Waals surface area contributed by atoms with E-state index < -0.39 is 18.5 Å². The van der Waals surface area contributed by atoms with Gasteiger partial charge in [0.1, 0.15) is 5.82 Å². The van der Waals surface area contributed by atoms with Gasteiger partial charge in [-0.05, 0) is 48.7 Å². The third-order valence-corrected chi connectivity index (χ3v) is 4.17. The molecule has 7 heteroatoms. The van der Waals surface area contributed by atoms with Crippen LogP contribution in [0.3, 0.4) is 0 Å². The van der Waals surface area contributed by atoms with Gasteiger partial charge in [-0.2, -0.15) is 0 Å². The summed E-state index contributed by atoms with van der Waals surface area (Å²) < 4.78 is 17.7. The number of carbonyl (C=O) groups is 3. The van der Waals surface area contributed by atoms with Crippen molar-refractivity contribution in [2.24, 2.45) is 0 Å². The number of anilines is 1. The highest BCUT2D eigenvalue weighted by atomic mass is 19.1. The number of ether oxygens (including phenoxy) is 1. The average molecular weight is 398 g/mol. The normalized spacial score (nSPS) is 10.6. The number of hydrogen-bond acceptors (Lipinski definition) is 4. The van der Waals surface area contributed by atoms with E-state index in [1.165, 1.54) is 42.3 Å². The molecule has 2 rings (SSSR count). The number of nitrogens with one attached hydrogen (secondary N) is 1. The van der Waals surface area contributed by atoms with Crippen molar-refractivity contribution in [1.29, 1.82) is 0 Å². The van der Waals surface area contributed by atoms with Crippen LogP contribution in [0.15, 0.2) is 48.5 Å². The van der Waals surface area contributed by atoms with Gasteiger partial charge < -0.3 is 15.0 Å². The van der Waals surface area contributed by atoms with E-state index in [2.05, 4.69) is 5.32 Å². The lowest BCUT2D eigenvalue weighted by Crippen LogP contribution is -2.37. The average Bonchev–Trinajstić information content (AvgIpc) is 2.68. The third kappa shape index (κ3) is 6.88. The first-order chi connectivity index (χ1) is 13.8. The van der Waals surface area contributed by atoms with E-state index in [0.717, 1.165) is 22.9 Å². The Kier molecular flexibility index (Phi) is 7.65. The summed E-state index contributed by atoms with van der Waals surface area (Å²) in [6.07, 6.45) is 2.60. The predicted molar refractivity (Wildman–Crippen MR) is 109 cm³/mol. The Labute approximate surface area is 169 Å². The highest BCUT2D eigenvalue weighted by Crippen LogP contribution is 2.19. The molecule has 2 aromatic rings. The van der Waals surface area contributed by atoms with Crippen LogP contribution < -0.4 is 5.32 Å². The Morgan fingerprint density at radius 1 is 1.07 bits per heavy atom. The highest BCUT2D eigenvalue weighted by Gasteiger charge is 2.15. The van der Waals surface area contributed by atoms with Crippen molar-refractivity contribution in [2.75, 3.05) is 25.5 Å². The molecule has 0 atom stereocenters. The lowest BCUT2D eigenvalue weighted by molar-refractivity contribution is -0.148. The second kappa shape index (κ2) is 10.2. The molecule has 2 aromatic carbocycles. The number of hydrogen-bond donors (Lipinski definition) is 1. The van der Waals surface area contributed by atoms with Crippen LogP contribution >= 0.6 is 0 Å². The van der Waals surface area contributed by atoms with E-state index in [4.69, 9.17) is 4.74 Å². The van der Waals surface area contributed by atoms with E-state index in [-0.39, 0.29) is 18.3 Å². The van der Waals surface area contributed by atoms with E-state index in [9.17, 15) is 18.8 Å². The Hall–Kier alpha value is -3.48. The molecule has 1 N–H and O–H groups in total. The molecule has 0 saturated carbocycles. The molecule has 6 nitrogen and oxygen atoms in total. The molecule has 29 heavy (non-hydrogen) atoms. The second-order valence-corrected chi connectivity index (χ2v) is 6.56. The minimum atomic E-state index is -0.712. The predicted octanol–water partition coefficient (Wildman–Crippen LogP) is 3.10. The summed E-state index contributed by atoms with van der Waals surface area (Å²) in [6.45, 7) is 3.11. The Bertz CT molecular complexity index is 903. The van der Waals surface area contributed by atoms with Crippen LogP contribution in [0.25, 0.3) is 6.08 Å². The number of likely N-dealkylation sites (N-methyl/N-ethyl adjacent to an activating group) is 1. The number of esters is 1. The molecule has 0 aliphatic carbocycles. The first kappa shape index (κ1) is 21.8. The minimum Gasteiger partial charge on any atom is -0.452 e. The maximum atomic E-state index is 12.8. The molecule has 152 valence electrons. The van der Waals surface area contributed by atoms with E-state index in [0.29, 0.717) is 5.56 Å². The summed E-state index contributed by atoms with van der Waals surface area (Å²) >= 11 is 0. The van der Waals surface area contributed by atoms with Gasteiger partial charge in [0.25, 0.3) is 5.91 Å². The van der Waals surface area contributed by atoms with Gasteiger partial charge in [0.2, 0.25) is 5.91 Å². The summed E-state index contributed by atoms with van der Waals surface area (Å²) in [6, 6.07) is 11.2. The summed E-state index contributed by atoms with van der Waals surface area (Å²) in [5.41, 5.74) is 3.19. The summed E-state index contributed by atoms with van der Waals surface area (Å²) in [5, 5.41) is 2.79. The third-order valence-electron chi connectivity index (χ3n) is 4.17. The summed E-state index contributed by atoms with van der Waals surface area (Å²) in [5.74, 6) is -1.94. The zero-order valence-electron chi connectivity index (χ0n) is 16.6. The molecule has 0 bridgehead atoms. The Morgan fingerprint density at radius 3 is 2.31 bits per heavy atom. The van der Waals surface area contributed by atoms with Gasteiger partial charge in [-0.15, -0.1) is 0 Å². The van der Waals surface area contributed by atoms with Crippen LogP contribution in [-0.4, -0.2) is 42.9 Å². The zero-order valence-corrected chi connectivity index (χ0v) is 16.6. The number of nitrogens with zero attached hydrogens (tertiary/aromatic N) is 1. The van der Waals surface area contributed by atoms with Gasteiger partial charge in [0.15, 0.2) is 6.61 Å². The first-order valence-corrected chi connectivity index (χ1v) is 8.96. The van der Waals surface area contributed by atoms with Gasteiger partial charge in [0, 0.05) is 18.8 Å². The first-order valence-electron chi connectivity index (χ1n) is 8.96. The van der Waals surface area contributed by atoms with Gasteiger partial charge in [0.05, 0.1) is 6.54 Å². The van der Waals surface area contributed by atoms with Crippen molar-refractivity contribution in [2.45, 2.75) is 13.8 Å². The molecule has 0 aromatic heterocycles. The summed E-state index contributed by atoms with van der Waals surface area (Å²) in [7, 11) is 1.45. The molecule has 0 saturated heterocycles. The molecule has 0 heterocycles. The van der Waals surface area contributed by atoms with Crippen molar-refractivity contribution in [1.82, 2.24) is 4.90 Å². The molecule has 0 fully saturated rings. The lowest BCUT2D eigenvalue weighted by Gasteiger charge is -2.18. The Balaban J connectivity index is 1.80. The molecule has 2 amide bonds. The smallest absolute Gasteiger partial charge is 0.331 e. The quantitative estimate of drug-likeness (QED) is 0.574. The number of aryl methyl sites for hydroxylation is 2. The van der Waals surface area contributed by atoms with Crippen molar-refractivity contribution in [3.8, 4) is 0 Å². The minimum absolute atomic E-state index is 0.171. The van der Waals surface area contributed by atoms with Gasteiger partial charge in [-0.3, -0.25) is 9.59 Å². The maximum Gasteiger partial charge on any atom is 0.331 e. The van der Waals surface area contributed by atoms with Crippen LogP contribution in [0.2, 0.25) is 0 Å². The standard InChI is InChI=1S/C22H23FN2O4/c1-15-5-4-6-16(2)22(15)24-19(26)13-25(3)20(27)14-29-21(28)12-9-17-7-10-18(23)11-8-17/h4-12H,13-14H2,1-3H3,(H,24,26)/b12-9+. The molecule has 0 aliphatic rings. The fourth-order valence-corrected chi connectivity index (χ4v) is 2.52. The van der Waals surface area contributed by atoms with Crippen LogP contribution in [0, 0.1) is 19.7 Å². The highest BCUT2D eigenvalue weighted by molar-refractivity contribution is 5.96. The molecular weight excluding hydrogens is 375 g/mol. The fourth-order valence-electron chi connectivity index (χ4n) is 2.52. The number of para-hydroxylation sites is 1. The molecule has 0 radical (unpaired) electrons. The largest absolute Gasteiger partial charge is 0.452 e. The van der Waals surface area contributed by atoms with Gasteiger partial charge >= 0.3 is 5.97 Å². The van der Waals surface area contributed by atoms with Crippen molar-refractivity contribution in [3.05, 3.63) is 71.0 Å². The monoisotopic (exact) mass is 398 g/mol. The SMILES string of the molecule is Cc1cccc(C)c1NC(=O)CN(C)C(=O)COC(=O)/C=C/c1ccc(F)cc1. The van der Waals surface area contributed by atoms with Crippen LogP contribution in [0.5, 0.6) is 0 Å². The zero-order chi connectivity index (χ0) is 21.4. The van der Waals surface area contributed by atoms with E-state index in [1.54, 1.807) is 0 Å². The molecular formula is C22H23FN2O4. The Morgan fingerprint density at radius 2 is 1.69 bits per heavy atom. The van der Waals surface area contributed by atoms with E-state index >= 15 is 0 Å². The molecule has 0 spiro atoms. The van der Waals surface area contributed by atoms with Gasteiger partial charge in [-0.25, -0.2) is 9.18 Å². The molecule has 0 aliphatic heterocycles. The maximum absolute atomic E-state index is 12.8. The van der Waals surface area contributed by atoms with Crippen LogP contribution in [0.4, 0.5) is 10.1 Å². The number of rotatable bonds is 7. The topological polar surface area (TPSA) is 75.7 Å². The van der Waals surface area contributed by atoms with Crippen molar-refractivity contribution in [3.63, 3.8) is 0 Å². The van der Waals surface area contributed by atoms with Crippen molar-refractivity contribution >= 4 is 29.5 Å². The van der Waals surface area contributed by atoms with Crippen LogP contribution in [-0.2, 0) is 19.1 Å². The lowest BCUT2D eigenvalue weighted by atomic mass is 10.1. The number of amides is 2. The second-order valence-electron chi connectivity index (χ2n) is 6.56. The van der Waals surface area contributed by atoms with E-state index in [1.807, 2.05) is 32.0 Å². The number of halogens is 1. The van der Waals surface area contributed by atoms with Crippen LogP contribution in [0.1, 0.15) is 16.7 Å². The van der Waals surface area contributed by atoms with Gasteiger partial charge in [-0.1, -0.05) is 30.3 Å². The number of carbonyl (C=O) groups excluding carboxylic acids is 3.